The summed E-state index contributed by atoms with van der Waals surface area (Å²) in [6.45, 7) is 0. The topological polar surface area (TPSA) is 17.8 Å². The van der Waals surface area contributed by atoms with Crippen LogP contribution >= 0.6 is 15.9 Å². The zero-order valence-corrected chi connectivity index (χ0v) is 10.8. The molecule has 16 heavy (non-hydrogen) atoms. The molecule has 1 aromatic heterocycles. The van der Waals surface area contributed by atoms with Crippen molar-refractivity contribution in [2.24, 2.45) is 0 Å². The molecule has 0 aliphatic heterocycles. The summed E-state index contributed by atoms with van der Waals surface area (Å²) in [5, 5.41) is 0. The van der Waals surface area contributed by atoms with E-state index in [-0.39, 0.29) is 0 Å². The highest BCUT2D eigenvalue weighted by Crippen LogP contribution is 2.33. The Morgan fingerprint density at radius 2 is 2.00 bits per heavy atom. The van der Waals surface area contributed by atoms with Gasteiger partial charge >= 0.3 is 0 Å². The molecule has 1 aliphatic carbocycles. The van der Waals surface area contributed by atoms with E-state index in [1.54, 1.807) is 0 Å². The molecule has 0 saturated heterocycles. The molecule has 0 atom stereocenters. The SMILES string of the molecule is Brc1cccc2ncn(C3CCCCC3)c12. The Labute approximate surface area is 104 Å². The van der Waals surface area contributed by atoms with Crippen molar-refractivity contribution in [2.75, 3.05) is 0 Å². The van der Waals surface area contributed by atoms with Gasteiger partial charge in [-0.3, -0.25) is 0 Å². The number of imidazole rings is 1. The molecule has 2 aromatic rings. The minimum absolute atomic E-state index is 0.650. The van der Waals surface area contributed by atoms with E-state index >= 15 is 0 Å². The fourth-order valence-corrected chi connectivity index (χ4v) is 3.24. The molecular weight excluding hydrogens is 264 g/mol. The van der Waals surface area contributed by atoms with Crippen LogP contribution in [0.4, 0.5) is 0 Å². The molecule has 0 radical (unpaired) electrons. The van der Waals surface area contributed by atoms with Gasteiger partial charge < -0.3 is 4.57 Å². The van der Waals surface area contributed by atoms with E-state index in [9.17, 15) is 0 Å². The van der Waals surface area contributed by atoms with Gasteiger partial charge in [-0.1, -0.05) is 25.3 Å². The minimum atomic E-state index is 0.650. The minimum Gasteiger partial charge on any atom is -0.327 e. The lowest BCUT2D eigenvalue weighted by Gasteiger charge is -2.23. The maximum atomic E-state index is 4.49. The number of rotatable bonds is 1. The molecule has 2 nitrogen and oxygen atoms in total. The average molecular weight is 279 g/mol. The third-order valence-corrected chi connectivity index (χ3v) is 4.15. The number of halogens is 1. The van der Waals surface area contributed by atoms with Crippen molar-refractivity contribution < 1.29 is 0 Å². The normalized spacial score (nSPS) is 18.1. The third kappa shape index (κ3) is 1.67. The second-order valence-electron chi connectivity index (χ2n) is 4.55. The van der Waals surface area contributed by atoms with Crippen molar-refractivity contribution in [2.45, 2.75) is 38.1 Å². The van der Waals surface area contributed by atoms with Crippen molar-refractivity contribution in [3.05, 3.63) is 29.0 Å². The molecule has 3 rings (SSSR count). The Hall–Kier alpha value is -0.830. The zero-order valence-electron chi connectivity index (χ0n) is 9.19. The first kappa shape index (κ1) is 10.3. The first-order valence-electron chi connectivity index (χ1n) is 5.97. The fraction of sp³-hybridized carbons (Fsp3) is 0.462. The number of hydrogen-bond acceptors (Lipinski definition) is 1. The standard InChI is InChI=1S/C13H15BrN2/c14-11-7-4-8-12-13(11)16(9-15-12)10-5-2-1-3-6-10/h4,7-10H,1-3,5-6H2. The third-order valence-electron chi connectivity index (χ3n) is 3.51. The predicted octanol–water partition coefficient (Wildman–Crippen LogP) is 4.30. The number of benzene rings is 1. The van der Waals surface area contributed by atoms with Gasteiger partial charge in [-0.05, 0) is 40.9 Å². The van der Waals surface area contributed by atoms with Crippen LogP contribution in [-0.2, 0) is 0 Å². The van der Waals surface area contributed by atoms with E-state index in [1.807, 2.05) is 12.4 Å². The summed E-state index contributed by atoms with van der Waals surface area (Å²) in [6.07, 6.45) is 8.71. The first-order chi connectivity index (χ1) is 7.86. The van der Waals surface area contributed by atoms with Crippen molar-refractivity contribution in [3.63, 3.8) is 0 Å². The van der Waals surface area contributed by atoms with Crippen LogP contribution < -0.4 is 0 Å². The Bertz CT molecular complexity index is 498. The highest BCUT2D eigenvalue weighted by atomic mass is 79.9. The summed E-state index contributed by atoms with van der Waals surface area (Å²) in [5.74, 6) is 0. The summed E-state index contributed by atoms with van der Waals surface area (Å²) in [5.41, 5.74) is 2.36. The summed E-state index contributed by atoms with van der Waals surface area (Å²) < 4.78 is 3.52. The second kappa shape index (κ2) is 4.21. The molecular formula is C13H15BrN2. The second-order valence-corrected chi connectivity index (χ2v) is 5.41. The van der Waals surface area contributed by atoms with Gasteiger partial charge in [0.15, 0.2) is 0 Å². The van der Waals surface area contributed by atoms with Gasteiger partial charge in [0, 0.05) is 10.5 Å². The summed E-state index contributed by atoms with van der Waals surface area (Å²) in [6, 6.07) is 6.88. The molecule has 0 unspecified atom stereocenters. The van der Waals surface area contributed by atoms with E-state index < -0.39 is 0 Å². The number of hydrogen-bond donors (Lipinski definition) is 0. The fourth-order valence-electron chi connectivity index (χ4n) is 2.68. The molecule has 1 fully saturated rings. The lowest BCUT2D eigenvalue weighted by molar-refractivity contribution is 0.359. The summed E-state index contributed by atoms with van der Waals surface area (Å²) in [4.78, 5) is 4.49. The number of nitrogens with zero attached hydrogens (tertiary/aromatic N) is 2. The maximum Gasteiger partial charge on any atom is 0.0961 e. The van der Waals surface area contributed by atoms with Crippen molar-refractivity contribution >= 4 is 27.0 Å². The van der Waals surface area contributed by atoms with Gasteiger partial charge in [0.2, 0.25) is 0 Å². The number of aromatic nitrogens is 2. The number of para-hydroxylation sites is 1. The highest BCUT2D eigenvalue weighted by Gasteiger charge is 2.18. The zero-order chi connectivity index (χ0) is 11.0. The van der Waals surface area contributed by atoms with Gasteiger partial charge in [-0.25, -0.2) is 4.98 Å². The Morgan fingerprint density at radius 3 is 2.81 bits per heavy atom. The molecule has 0 amide bonds. The lowest BCUT2D eigenvalue weighted by Crippen LogP contribution is -2.11. The first-order valence-corrected chi connectivity index (χ1v) is 6.76. The quantitative estimate of drug-likeness (QED) is 0.760. The number of fused-ring (bicyclic) bond motifs is 1. The van der Waals surface area contributed by atoms with Crippen molar-refractivity contribution in [1.82, 2.24) is 9.55 Å². The van der Waals surface area contributed by atoms with Crippen molar-refractivity contribution in [3.8, 4) is 0 Å². The summed E-state index contributed by atoms with van der Waals surface area (Å²) in [7, 11) is 0. The van der Waals surface area contributed by atoms with Crippen LogP contribution in [0.1, 0.15) is 38.1 Å². The highest BCUT2D eigenvalue weighted by molar-refractivity contribution is 9.10. The Kier molecular flexibility index (Phi) is 2.72. The van der Waals surface area contributed by atoms with Gasteiger partial charge in [-0.15, -0.1) is 0 Å². The molecule has 1 aliphatic rings. The van der Waals surface area contributed by atoms with Gasteiger partial charge in [0.05, 0.1) is 17.4 Å². The van der Waals surface area contributed by atoms with E-state index in [4.69, 9.17) is 0 Å². The molecule has 84 valence electrons. The lowest BCUT2D eigenvalue weighted by atomic mass is 9.95. The van der Waals surface area contributed by atoms with Crippen LogP contribution in [0.2, 0.25) is 0 Å². The van der Waals surface area contributed by atoms with Crippen molar-refractivity contribution in [1.29, 1.82) is 0 Å². The van der Waals surface area contributed by atoms with Crippen LogP contribution in [0.3, 0.4) is 0 Å². The molecule has 0 bridgehead atoms. The molecule has 1 heterocycles. The van der Waals surface area contributed by atoms with E-state index in [1.165, 1.54) is 37.6 Å². The van der Waals surface area contributed by atoms with E-state index in [0.29, 0.717) is 6.04 Å². The molecule has 3 heteroatoms. The van der Waals surface area contributed by atoms with Gasteiger partial charge in [-0.2, -0.15) is 0 Å². The van der Waals surface area contributed by atoms with Crippen LogP contribution in [0.25, 0.3) is 11.0 Å². The molecule has 1 aromatic carbocycles. The predicted molar refractivity (Wildman–Crippen MR) is 69.6 cm³/mol. The monoisotopic (exact) mass is 278 g/mol. The van der Waals surface area contributed by atoms with Crippen LogP contribution in [-0.4, -0.2) is 9.55 Å². The Morgan fingerprint density at radius 1 is 1.19 bits per heavy atom. The van der Waals surface area contributed by atoms with Gasteiger partial charge in [0.25, 0.3) is 0 Å². The molecule has 0 N–H and O–H groups in total. The van der Waals surface area contributed by atoms with E-state index in [2.05, 4.69) is 37.6 Å². The van der Waals surface area contributed by atoms with E-state index in [0.717, 1.165) is 9.99 Å². The molecule has 1 saturated carbocycles. The average Bonchev–Trinajstić information content (AvgIpc) is 2.75. The smallest absolute Gasteiger partial charge is 0.0961 e. The van der Waals surface area contributed by atoms with Crippen LogP contribution in [0.15, 0.2) is 29.0 Å². The van der Waals surface area contributed by atoms with Crippen LogP contribution in [0.5, 0.6) is 0 Å². The summed E-state index contributed by atoms with van der Waals surface area (Å²) >= 11 is 3.63. The van der Waals surface area contributed by atoms with Crippen LogP contribution in [0, 0.1) is 0 Å². The largest absolute Gasteiger partial charge is 0.327 e. The molecule has 0 spiro atoms. The maximum absolute atomic E-state index is 4.49. The Balaban J connectivity index is 2.09. The van der Waals surface area contributed by atoms with Gasteiger partial charge in [0.1, 0.15) is 0 Å².